The molecule has 0 atom stereocenters. The molecule has 0 spiro atoms. The van der Waals surface area contributed by atoms with Gasteiger partial charge in [0.25, 0.3) is 0 Å². The summed E-state index contributed by atoms with van der Waals surface area (Å²) in [6, 6.07) is 38.8. The third-order valence-corrected chi connectivity index (χ3v) is 9.05. The predicted molar refractivity (Wildman–Crippen MR) is 201 cm³/mol. The summed E-state index contributed by atoms with van der Waals surface area (Å²) in [4.78, 5) is 4.88. The maximum Gasteiger partial charge on any atom is 2.00 e. The maximum absolute atomic E-state index is 6.49. The van der Waals surface area contributed by atoms with E-state index in [0.29, 0.717) is 17.4 Å². The molecule has 0 saturated heterocycles. The first-order chi connectivity index (χ1) is 23.5. The maximum atomic E-state index is 6.49. The predicted octanol–water partition coefficient (Wildman–Crippen LogP) is 11.2. The average molecular weight is 840 g/mol. The first-order valence-corrected chi connectivity index (χ1v) is 17.3. The summed E-state index contributed by atoms with van der Waals surface area (Å²) in [5.74, 6) is 2.76. The Balaban J connectivity index is 0.00000432. The van der Waals surface area contributed by atoms with Crippen LogP contribution in [0.2, 0.25) is 0 Å². The third-order valence-electron chi connectivity index (χ3n) is 9.05. The molecular formula is C44H44N4OPt. The number of hydrogen-bond donors (Lipinski definition) is 0. The van der Waals surface area contributed by atoms with Gasteiger partial charge in [0.2, 0.25) is 0 Å². The molecule has 0 saturated carbocycles. The van der Waals surface area contributed by atoms with Gasteiger partial charge in [-0.05, 0) is 90.4 Å². The molecule has 256 valence electrons. The van der Waals surface area contributed by atoms with E-state index in [0.717, 1.165) is 69.7 Å². The molecule has 6 heteroatoms. The second kappa shape index (κ2) is 14.4. The van der Waals surface area contributed by atoms with Crippen molar-refractivity contribution in [3.8, 4) is 34.1 Å². The van der Waals surface area contributed by atoms with Crippen molar-refractivity contribution >= 4 is 21.8 Å². The Kier molecular flexibility index (Phi) is 10.2. The van der Waals surface area contributed by atoms with Gasteiger partial charge in [0, 0.05) is 34.5 Å². The number of aryl methyl sites for hydroxylation is 2. The van der Waals surface area contributed by atoms with Gasteiger partial charge < -0.3 is 9.30 Å². The fraction of sp³-hybridized carbons (Fsp3) is 0.273. The summed E-state index contributed by atoms with van der Waals surface area (Å²) in [7, 11) is 0. The van der Waals surface area contributed by atoms with Crippen molar-refractivity contribution in [3.05, 3.63) is 132 Å². The minimum absolute atomic E-state index is 0. The standard InChI is InChI=1S/C44H44N4O.Pt/c1-29(2)16-17-32-18-21-40-39(24-32)38-20-19-37(27-41(38)47(40)42-25-33(22-23-45-42)28-44(5,6)7)49-36-15-11-14-35(26-36)48-31(4)43(30(3)46-48)34-12-9-8-10-13-34;/h8-15,18-25,29H,16-17,28H2,1-7H3;/q-2;+2. The number of hydrogen-bond acceptors (Lipinski definition) is 3. The van der Waals surface area contributed by atoms with Crippen LogP contribution in [-0.2, 0) is 33.9 Å². The molecule has 50 heavy (non-hydrogen) atoms. The van der Waals surface area contributed by atoms with E-state index in [-0.39, 0.29) is 26.5 Å². The zero-order valence-electron chi connectivity index (χ0n) is 29.9. The Hall–Kier alpha value is -4.47. The molecule has 5 nitrogen and oxygen atoms in total. The van der Waals surface area contributed by atoms with Crippen LogP contribution in [0.15, 0.2) is 97.2 Å². The van der Waals surface area contributed by atoms with E-state index in [1.807, 2.05) is 41.2 Å². The molecule has 0 N–H and O–H groups in total. The molecule has 3 heterocycles. The van der Waals surface area contributed by atoms with Gasteiger partial charge in [-0.3, -0.25) is 4.68 Å². The van der Waals surface area contributed by atoms with Crippen LogP contribution in [-0.4, -0.2) is 19.3 Å². The van der Waals surface area contributed by atoms with Gasteiger partial charge in [-0.25, -0.2) is 4.98 Å². The number of aromatic nitrogens is 4. The third kappa shape index (κ3) is 7.35. The van der Waals surface area contributed by atoms with Crippen molar-refractivity contribution in [1.82, 2.24) is 19.3 Å². The number of nitrogens with zero attached hydrogens (tertiary/aromatic N) is 4. The van der Waals surface area contributed by atoms with Crippen molar-refractivity contribution in [1.29, 1.82) is 0 Å². The summed E-state index contributed by atoms with van der Waals surface area (Å²) >= 11 is 0. The number of fused-ring (bicyclic) bond motifs is 3. The molecule has 0 aliphatic heterocycles. The Morgan fingerprint density at radius 3 is 2.34 bits per heavy atom. The smallest absolute Gasteiger partial charge is 0.509 e. The van der Waals surface area contributed by atoms with Gasteiger partial charge in [-0.15, -0.1) is 35.7 Å². The SMILES string of the molecule is Cc1nn(-c2[c-]c(Oc3[c-]c4c(cc3)c3cc(CCC(C)C)ccc3n4-c3cc(CC(C)(C)C)ccn3)ccc2)c(C)c1-c1ccccc1.[Pt+2]. The first-order valence-electron chi connectivity index (χ1n) is 17.3. The van der Waals surface area contributed by atoms with Crippen LogP contribution in [0.1, 0.15) is 63.6 Å². The van der Waals surface area contributed by atoms with Crippen LogP contribution < -0.4 is 4.74 Å². The molecule has 0 aliphatic rings. The second-order valence-corrected chi connectivity index (χ2v) is 14.8. The number of ether oxygens (including phenoxy) is 1. The minimum Gasteiger partial charge on any atom is -0.509 e. The number of pyridine rings is 1. The fourth-order valence-corrected chi connectivity index (χ4v) is 6.82. The van der Waals surface area contributed by atoms with Crippen LogP contribution in [0.25, 0.3) is 44.4 Å². The van der Waals surface area contributed by atoms with Crippen molar-refractivity contribution in [2.45, 2.75) is 67.7 Å². The van der Waals surface area contributed by atoms with Crippen molar-refractivity contribution in [3.63, 3.8) is 0 Å². The van der Waals surface area contributed by atoms with Gasteiger partial charge in [0.1, 0.15) is 5.82 Å². The van der Waals surface area contributed by atoms with E-state index in [4.69, 9.17) is 14.8 Å². The van der Waals surface area contributed by atoms with Crippen molar-refractivity contribution in [2.24, 2.45) is 11.3 Å². The molecule has 0 unspecified atom stereocenters. The fourth-order valence-electron chi connectivity index (χ4n) is 6.82. The van der Waals surface area contributed by atoms with Crippen LogP contribution in [0.5, 0.6) is 11.5 Å². The van der Waals surface area contributed by atoms with Gasteiger partial charge in [0.15, 0.2) is 0 Å². The van der Waals surface area contributed by atoms with E-state index >= 15 is 0 Å². The van der Waals surface area contributed by atoms with Gasteiger partial charge in [0.05, 0.1) is 5.69 Å². The van der Waals surface area contributed by atoms with E-state index in [1.54, 1.807) is 0 Å². The quantitative estimate of drug-likeness (QED) is 0.136. The molecule has 4 aromatic carbocycles. The van der Waals surface area contributed by atoms with Gasteiger partial charge >= 0.3 is 21.1 Å². The molecule has 0 amide bonds. The summed E-state index contributed by atoms with van der Waals surface area (Å²) in [6.07, 6.45) is 5.10. The van der Waals surface area contributed by atoms with Crippen molar-refractivity contribution in [2.75, 3.05) is 0 Å². The number of rotatable bonds is 9. The average Bonchev–Trinajstić information content (AvgIpc) is 3.55. The van der Waals surface area contributed by atoms with Crippen LogP contribution in [0, 0.1) is 37.3 Å². The molecule has 0 aliphatic carbocycles. The van der Waals surface area contributed by atoms with Crippen LogP contribution in [0.4, 0.5) is 0 Å². The van der Waals surface area contributed by atoms with Gasteiger partial charge in [-0.1, -0.05) is 82.6 Å². The van der Waals surface area contributed by atoms with E-state index < -0.39 is 0 Å². The van der Waals surface area contributed by atoms with E-state index in [2.05, 4.69) is 126 Å². The zero-order chi connectivity index (χ0) is 34.3. The second-order valence-electron chi connectivity index (χ2n) is 14.8. The molecule has 7 rings (SSSR count). The summed E-state index contributed by atoms with van der Waals surface area (Å²) < 4.78 is 10.7. The molecule has 0 radical (unpaired) electrons. The van der Waals surface area contributed by atoms with Crippen LogP contribution in [0.3, 0.4) is 0 Å². The summed E-state index contributed by atoms with van der Waals surface area (Å²) in [5, 5.41) is 7.22. The topological polar surface area (TPSA) is 44.9 Å². The zero-order valence-corrected chi connectivity index (χ0v) is 32.2. The number of benzene rings is 4. The minimum atomic E-state index is 0. The Morgan fingerprint density at radius 1 is 0.800 bits per heavy atom. The normalized spacial score (nSPS) is 11.8. The van der Waals surface area contributed by atoms with Crippen molar-refractivity contribution < 1.29 is 25.8 Å². The van der Waals surface area contributed by atoms with E-state index in [1.165, 1.54) is 16.5 Å². The Bertz CT molecular complexity index is 2270. The summed E-state index contributed by atoms with van der Waals surface area (Å²) in [6.45, 7) is 15.5. The Morgan fingerprint density at radius 2 is 1.58 bits per heavy atom. The molecule has 7 aromatic rings. The van der Waals surface area contributed by atoms with E-state index in [9.17, 15) is 0 Å². The molecule has 3 aromatic heterocycles. The Labute approximate surface area is 310 Å². The summed E-state index contributed by atoms with van der Waals surface area (Å²) in [5.41, 5.74) is 9.98. The first kappa shape index (κ1) is 35.4. The molecular weight excluding hydrogens is 796 g/mol. The molecule has 0 bridgehead atoms. The van der Waals surface area contributed by atoms with Gasteiger partial charge in [-0.2, -0.15) is 17.2 Å². The largest absolute Gasteiger partial charge is 2.00 e. The molecule has 0 fully saturated rings. The van der Waals surface area contributed by atoms with Crippen LogP contribution >= 0.6 is 0 Å². The monoisotopic (exact) mass is 839 g/mol.